The second-order valence-electron chi connectivity index (χ2n) is 8.57. The highest BCUT2D eigenvalue weighted by Crippen LogP contribution is 2.31. The fourth-order valence-electron chi connectivity index (χ4n) is 4.57. The molecule has 170 valence electrons. The Labute approximate surface area is 190 Å². The molecule has 0 N–H and O–H groups in total. The van der Waals surface area contributed by atoms with E-state index in [2.05, 4.69) is 12.1 Å². The van der Waals surface area contributed by atoms with Gasteiger partial charge in [-0.2, -0.15) is 0 Å². The maximum atomic E-state index is 12.8. The lowest BCUT2D eigenvalue weighted by Crippen LogP contribution is -2.40. The Balaban J connectivity index is 1.19. The lowest BCUT2D eigenvalue weighted by Gasteiger charge is -2.33. The van der Waals surface area contributed by atoms with Gasteiger partial charge in [0.1, 0.15) is 18.1 Å². The fraction of sp³-hybridized carbons (Fsp3) is 0.462. The first-order chi connectivity index (χ1) is 15.6. The molecule has 2 heterocycles. The van der Waals surface area contributed by atoms with Gasteiger partial charge in [0.05, 0.1) is 19.3 Å². The molecule has 0 aromatic heterocycles. The summed E-state index contributed by atoms with van der Waals surface area (Å²) in [6.07, 6.45) is 4.78. The largest absolute Gasteiger partial charge is 0.497 e. The Morgan fingerprint density at radius 1 is 0.969 bits per heavy atom. The van der Waals surface area contributed by atoms with Crippen LogP contribution >= 0.6 is 0 Å². The number of hydrogen-bond acceptors (Lipinski definition) is 4. The SMILES string of the molecule is COc1ccc(CCC2CCN(C(=O)CCC(=O)N3CCOc4ccccc43)CC2)cc1. The molecule has 0 saturated carbocycles. The Morgan fingerprint density at radius 2 is 1.69 bits per heavy atom. The van der Waals surface area contributed by atoms with Crippen LogP contribution in [0.4, 0.5) is 5.69 Å². The standard InChI is InChI=1S/C26H32N2O4/c1-31-22-10-8-20(9-11-22)6-7-21-14-16-27(17-15-21)25(29)12-13-26(30)28-18-19-32-24-5-3-2-4-23(24)28/h2-5,8-11,21H,6-7,12-19H2,1H3. The summed E-state index contributed by atoms with van der Waals surface area (Å²) in [4.78, 5) is 29.1. The number of methoxy groups -OCH3 is 1. The number of carbonyl (C=O) groups excluding carboxylic acids is 2. The van der Waals surface area contributed by atoms with Crippen LogP contribution in [0.25, 0.3) is 0 Å². The number of fused-ring (bicyclic) bond motifs is 1. The zero-order valence-electron chi connectivity index (χ0n) is 18.8. The quantitative estimate of drug-likeness (QED) is 0.657. The van der Waals surface area contributed by atoms with Crippen LogP contribution < -0.4 is 14.4 Å². The van der Waals surface area contributed by atoms with E-state index in [0.717, 1.165) is 56.0 Å². The average molecular weight is 437 g/mol. The number of ether oxygens (including phenoxy) is 2. The fourth-order valence-corrected chi connectivity index (χ4v) is 4.57. The summed E-state index contributed by atoms with van der Waals surface area (Å²) < 4.78 is 10.8. The van der Waals surface area contributed by atoms with Crippen LogP contribution in [0.1, 0.15) is 37.7 Å². The van der Waals surface area contributed by atoms with Gasteiger partial charge in [0.2, 0.25) is 11.8 Å². The van der Waals surface area contributed by atoms with Gasteiger partial charge in [-0.15, -0.1) is 0 Å². The maximum absolute atomic E-state index is 12.8. The van der Waals surface area contributed by atoms with Crippen molar-refractivity contribution in [1.29, 1.82) is 0 Å². The van der Waals surface area contributed by atoms with Crippen molar-refractivity contribution in [2.24, 2.45) is 5.92 Å². The van der Waals surface area contributed by atoms with Crippen molar-refractivity contribution in [2.45, 2.75) is 38.5 Å². The molecule has 0 radical (unpaired) electrons. The van der Waals surface area contributed by atoms with Crippen molar-refractivity contribution in [3.63, 3.8) is 0 Å². The summed E-state index contributed by atoms with van der Waals surface area (Å²) in [7, 11) is 1.68. The molecule has 2 aliphatic heterocycles. The average Bonchev–Trinajstić information content (AvgIpc) is 2.86. The Bertz CT molecular complexity index is 920. The summed E-state index contributed by atoms with van der Waals surface area (Å²) >= 11 is 0. The summed E-state index contributed by atoms with van der Waals surface area (Å²) in [6.45, 7) is 2.60. The molecule has 6 nitrogen and oxygen atoms in total. The van der Waals surface area contributed by atoms with Crippen molar-refractivity contribution in [2.75, 3.05) is 38.3 Å². The van der Waals surface area contributed by atoms with E-state index in [0.29, 0.717) is 19.1 Å². The molecule has 32 heavy (non-hydrogen) atoms. The second-order valence-corrected chi connectivity index (χ2v) is 8.57. The third-order valence-electron chi connectivity index (χ3n) is 6.55. The first-order valence-electron chi connectivity index (χ1n) is 11.6. The zero-order chi connectivity index (χ0) is 22.3. The number of carbonyl (C=O) groups is 2. The molecular formula is C26H32N2O4. The Hall–Kier alpha value is -3.02. The third-order valence-corrected chi connectivity index (χ3v) is 6.55. The molecule has 1 saturated heterocycles. The summed E-state index contributed by atoms with van der Waals surface area (Å²) in [6, 6.07) is 15.8. The van der Waals surface area contributed by atoms with Crippen LogP contribution in [-0.2, 0) is 16.0 Å². The van der Waals surface area contributed by atoms with Crippen LogP contribution in [0.3, 0.4) is 0 Å². The highest BCUT2D eigenvalue weighted by atomic mass is 16.5. The van der Waals surface area contributed by atoms with E-state index in [-0.39, 0.29) is 24.7 Å². The number of rotatable bonds is 7. The van der Waals surface area contributed by atoms with Crippen molar-refractivity contribution >= 4 is 17.5 Å². The van der Waals surface area contributed by atoms with Gasteiger partial charge in [-0.1, -0.05) is 24.3 Å². The minimum Gasteiger partial charge on any atom is -0.497 e. The van der Waals surface area contributed by atoms with Gasteiger partial charge in [-0.25, -0.2) is 0 Å². The van der Waals surface area contributed by atoms with E-state index in [1.54, 1.807) is 12.0 Å². The second kappa shape index (κ2) is 10.5. The monoisotopic (exact) mass is 436 g/mol. The summed E-state index contributed by atoms with van der Waals surface area (Å²) in [5.74, 6) is 2.34. The predicted octanol–water partition coefficient (Wildman–Crippen LogP) is 4.07. The minimum atomic E-state index is -0.0107. The highest BCUT2D eigenvalue weighted by Gasteiger charge is 2.26. The molecule has 2 aromatic carbocycles. The first-order valence-corrected chi connectivity index (χ1v) is 11.6. The molecule has 2 aromatic rings. The number of hydrogen-bond donors (Lipinski definition) is 0. The number of anilines is 1. The molecular weight excluding hydrogens is 404 g/mol. The zero-order valence-corrected chi connectivity index (χ0v) is 18.8. The van der Waals surface area contributed by atoms with E-state index in [9.17, 15) is 9.59 Å². The molecule has 0 unspecified atom stereocenters. The number of nitrogens with zero attached hydrogens (tertiary/aromatic N) is 2. The van der Waals surface area contributed by atoms with Crippen LogP contribution in [0, 0.1) is 5.92 Å². The van der Waals surface area contributed by atoms with Gasteiger partial charge < -0.3 is 19.3 Å². The molecule has 1 fully saturated rings. The molecule has 2 amide bonds. The topological polar surface area (TPSA) is 59.1 Å². The lowest BCUT2D eigenvalue weighted by molar-refractivity contribution is -0.134. The van der Waals surface area contributed by atoms with E-state index in [1.807, 2.05) is 41.3 Å². The van der Waals surface area contributed by atoms with Crippen LogP contribution in [0.15, 0.2) is 48.5 Å². The number of para-hydroxylation sites is 2. The molecule has 0 bridgehead atoms. The van der Waals surface area contributed by atoms with Gasteiger partial charge >= 0.3 is 0 Å². The molecule has 0 atom stereocenters. The number of amides is 2. The van der Waals surface area contributed by atoms with Crippen molar-refractivity contribution in [3.05, 3.63) is 54.1 Å². The minimum absolute atomic E-state index is 0.0107. The summed E-state index contributed by atoms with van der Waals surface area (Å²) in [5.41, 5.74) is 2.13. The van der Waals surface area contributed by atoms with Crippen molar-refractivity contribution in [3.8, 4) is 11.5 Å². The van der Waals surface area contributed by atoms with Gasteiger partial charge in [0, 0.05) is 25.9 Å². The number of aryl methyl sites for hydroxylation is 1. The number of piperidine rings is 1. The predicted molar refractivity (Wildman–Crippen MR) is 124 cm³/mol. The van der Waals surface area contributed by atoms with Gasteiger partial charge in [0.25, 0.3) is 0 Å². The van der Waals surface area contributed by atoms with E-state index in [1.165, 1.54) is 5.56 Å². The smallest absolute Gasteiger partial charge is 0.227 e. The molecule has 0 spiro atoms. The van der Waals surface area contributed by atoms with E-state index in [4.69, 9.17) is 9.47 Å². The van der Waals surface area contributed by atoms with Crippen LogP contribution in [0.2, 0.25) is 0 Å². The van der Waals surface area contributed by atoms with Crippen LogP contribution in [0.5, 0.6) is 11.5 Å². The molecule has 2 aliphatic rings. The van der Waals surface area contributed by atoms with Crippen molar-refractivity contribution < 1.29 is 19.1 Å². The Kier molecular flexibility index (Phi) is 7.30. The third kappa shape index (κ3) is 5.42. The van der Waals surface area contributed by atoms with E-state index >= 15 is 0 Å². The van der Waals surface area contributed by atoms with Gasteiger partial charge in [-0.3, -0.25) is 9.59 Å². The molecule has 6 heteroatoms. The van der Waals surface area contributed by atoms with Gasteiger partial charge in [0.15, 0.2) is 0 Å². The first kappa shape index (κ1) is 22.2. The molecule has 0 aliphatic carbocycles. The lowest BCUT2D eigenvalue weighted by atomic mass is 9.90. The highest BCUT2D eigenvalue weighted by molar-refractivity contribution is 5.97. The Morgan fingerprint density at radius 3 is 2.44 bits per heavy atom. The van der Waals surface area contributed by atoms with Gasteiger partial charge in [-0.05, 0) is 61.4 Å². The maximum Gasteiger partial charge on any atom is 0.227 e. The normalized spacial score (nSPS) is 16.3. The number of likely N-dealkylation sites (tertiary alicyclic amines) is 1. The summed E-state index contributed by atoms with van der Waals surface area (Å²) in [5, 5.41) is 0. The van der Waals surface area contributed by atoms with Crippen LogP contribution in [-0.4, -0.2) is 50.1 Å². The molecule has 4 rings (SSSR count). The van der Waals surface area contributed by atoms with Crippen molar-refractivity contribution in [1.82, 2.24) is 4.90 Å². The van der Waals surface area contributed by atoms with E-state index < -0.39 is 0 Å². The number of benzene rings is 2.